The molecule has 1 aliphatic heterocycles. The molecule has 1 saturated heterocycles. The molecule has 0 aliphatic carbocycles. The van der Waals surface area contributed by atoms with Gasteiger partial charge in [0, 0.05) is 12.6 Å². The first-order valence-electron chi connectivity index (χ1n) is 7.54. The topological polar surface area (TPSA) is 15.3 Å². The minimum atomic E-state index is -0.250. The Balaban J connectivity index is 1.96. The lowest BCUT2D eigenvalue weighted by atomic mass is 9.91. The van der Waals surface area contributed by atoms with Crippen LogP contribution in [0.15, 0.2) is 18.2 Å². The quantitative estimate of drug-likeness (QED) is 0.866. The van der Waals surface area contributed by atoms with E-state index in [9.17, 15) is 4.39 Å². The Morgan fingerprint density at radius 2 is 2.30 bits per heavy atom. The molecular formula is C16H24ClFN2. The highest BCUT2D eigenvalue weighted by Crippen LogP contribution is 2.27. The molecule has 0 bridgehead atoms. The number of hydrogen-bond acceptors (Lipinski definition) is 2. The summed E-state index contributed by atoms with van der Waals surface area (Å²) in [4.78, 5) is 2.53. The summed E-state index contributed by atoms with van der Waals surface area (Å²) in [7, 11) is 0. The number of anilines is 1. The molecule has 20 heavy (non-hydrogen) atoms. The summed E-state index contributed by atoms with van der Waals surface area (Å²) in [6.07, 6.45) is 3.67. The number of nitrogens with zero attached hydrogens (tertiary/aromatic N) is 1. The van der Waals surface area contributed by atoms with Crippen LogP contribution < -0.4 is 5.32 Å². The van der Waals surface area contributed by atoms with Crippen LogP contribution in [0.25, 0.3) is 0 Å². The van der Waals surface area contributed by atoms with Crippen LogP contribution in [0.4, 0.5) is 10.1 Å². The van der Waals surface area contributed by atoms with Crippen molar-refractivity contribution in [3.8, 4) is 0 Å². The number of hydrogen-bond donors (Lipinski definition) is 1. The number of rotatable bonds is 5. The van der Waals surface area contributed by atoms with E-state index < -0.39 is 0 Å². The lowest BCUT2D eigenvalue weighted by molar-refractivity contribution is 0.165. The molecule has 1 aliphatic rings. The average Bonchev–Trinajstić information content (AvgIpc) is 2.43. The van der Waals surface area contributed by atoms with E-state index in [1.54, 1.807) is 6.07 Å². The molecule has 0 aromatic heterocycles. The summed E-state index contributed by atoms with van der Waals surface area (Å²) in [6.45, 7) is 7.88. The summed E-state index contributed by atoms with van der Waals surface area (Å²) in [5, 5.41) is 3.97. The van der Waals surface area contributed by atoms with E-state index in [0.717, 1.165) is 6.54 Å². The van der Waals surface area contributed by atoms with Gasteiger partial charge in [-0.2, -0.15) is 0 Å². The molecule has 0 saturated carbocycles. The van der Waals surface area contributed by atoms with Crippen molar-refractivity contribution in [2.24, 2.45) is 5.92 Å². The van der Waals surface area contributed by atoms with Gasteiger partial charge in [0.05, 0.1) is 10.7 Å². The minimum absolute atomic E-state index is 0.250. The highest BCUT2D eigenvalue weighted by atomic mass is 35.5. The normalized spacial score (nSPS) is 21.7. The number of halogens is 2. The summed E-state index contributed by atoms with van der Waals surface area (Å²) in [6, 6.07) is 4.78. The van der Waals surface area contributed by atoms with Gasteiger partial charge in [0.25, 0.3) is 0 Å². The van der Waals surface area contributed by atoms with Gasteiger partial charge in [-0.05, 0) is 63.4 Å². The van der Waals surface area contributed by atoms with E-state index in [0.29, 0.717) is 22.7 Å². The van der Waals surface area contributed by atoms with Gasteiger partial charge < -0.3 is 10.2 Å². The SMILES string of the molecule is CCCN1CCCC(C(C)Nc2cc(F)ccc2Cl)C1. The zero-order valence-electron chi connectivity index (χ0n) is 12.3. The minimum Gasteiger partial charge on any atom is -0.381 e. The molecule has 0 amide bonds. The summed E-state index contributed by atoms with van der Waals surface area (Å²) < 4.78 is 13.3. The standard InChI is InChI=1S/C16H24ClFN2/c1-3-8-20-9-4-5-13(11-20)12(2)19-16-10-14(18)6-7-15(16)17/h6-7,10,12-13,19H,3-5,8-9,11H2,1-2H3. The van der Waals surface area contributed by atoms with Crippen LogP contribution in [0.1, 0.15) is 33.1 Å². The highest BCUT2D eigenvalue weighted by molar-refractivity contribution is 6.33. The molecule has 0 radical (unpaired) electrons. The van der Waals surface area contributed by atoms with Crippen LogP contribution in [0, 0.1) is 11.7 Å². The maximum Gasteiger partial charge on any atom is 0.125 e. The first-order chi connectivity index (χ1) is 9.60. The lowest BCUT2D eigenvalue weighted by Crippen LogP contribution is -2.42. The Morgan fingerprint density at radius 3 is 3.05 bits per heavy atom. The van der Waals surface area contributed by atoms with Crippen LogP contribution in [-0.4, -0.2) is 30.6 Å². The number of benzene rings is 1. The van der Waals surface area contributed by atoms with Crippen LogP contribution in [-0.2, 0) is 0 Å². The molecule has 1 N–H and O–H groups in total. The predicted molar refractivity (Wildman–Crippen MR) is 83.9 cm³/mol. The lowest BCUT2D eigenvalue weighted by Gasteiger charge is -2.36. The van der Waals surface area contributed by atoms with E-state index in [2.05, 4.69) is 24.1 Å². The molecule has 0 spiro atoms. The third-order valence-corrected chi connectivity index (χ3v) is 4.43. The van der Waals surface area contributed by atoms with Gasteiger partial charge in [0.1, 0.15) is 5.82 Å². The van der Waals surface area contributed by atoms with Crippen LogP contribution >= 0.6 is 11.6 Å². The highest BCUT2D eigenvalue weighted by Gasteiger charge is 2.24. The summed E-state index contributed by atoms with van der Waals surface area (Å²) in [5.41, 5.74) is 0.701. The molecule has 2 unspecified atom stereocenters. The molecule has 2 rings (SSSR count). The van der Waals surface area contributed by atoms with E-state index in [-0.39, 0.29) is 5.82 Å². The van der Waals surface area contributed by atoms with Crippen molar-refractivity contribution < 1.29 is 4.39 Å². The predicted octanol–water partition coefficient (Wildman–Crippen LogP) is 4.40. The van der Waals surface area contributed by atoms with Gasteiger partial charge in [-0.15, -0.1) is 0 Å². The molecule has 4 heteroatoms. The fourth-order valence-corrected chi connectivity index (χ4v) is 3.16. The van der Waals surface area contributed by atoms with Crippen molar-refractivity contribution in [2.75, 3.05) is 25.0 Å². The average molecular weight is 299 g/mol. The smallest absolute Gasteiger partial charge is 0.125 e. The zero-order chi connectivity index (χ0) is 14.5. The number of piperidine rings is 1. The van der Waals surface area contributed by atoms with Gasteiger partial charge in [0.15, 0.2) is 0 Å². The molecule has 1 fully saturated rings. The Morgan fingerprint density at radius 1 is 1.50 bits per heavy atom. The van der Waals surface area contributed by atoms with E-state index in [1.165, 1.54) is 44.5 Å². The fraction of sp³-hybridized carbons (Fsp3) is 0.625. The summed E-state index contributed by atoms with van der Waals surface area (Å²) >= 11 is 6.12. The number of nitrogens with one attached hydrogen (secondary N) is 1. The van der Waals surface area contributed by atoms with E-state index >= 15 is 0 Å². The van der Waals surface area contributed by atoms with Crippen molar-refractivity contribution in [3.63, 3.8) is 0 Å². The van der Waals surface area contributed by atoms with Gasteiger partial charge in [0.2, 0.25) is 0 Å². The van der Waals surface area contributed by atoms with Gasteiger partial charge >= 0.3 is 0 Å². The van der Waals surface area contributed by atoms with E-state index in [1.807, 2.05) is 0 Å². The molecule has 2 atom stereocenters. The zero-order valence-corrected chi connectivity index (χ0v) is 13.1. The van der Waals surface area contributed by atoms with Crippen LogP contribution in [0.3, 0.4) is 0 Å². The molecule has 2 nitrogen and oxygen atoms in total. The fourth-order valence-electron chi connectivity index (χ4n) is 2.99. The Hall–Kier alpha value is -0.800. The molecule has 1 aromatic rings. The van der Waals surface area contributed by atoms with Crippen molar-refractivity contribution in [2.45, 2.75) is 39.2 Å². The van der Waals surface area contributed by atoms with Crippen molar-refractivity contribution in [1.29, 1.82) is 0 Å². The molecule has 112 valence electrons. The largest absolute Gasteiger partial charge is 0.381 e. The molecule has 1 aromatic carbocycles. The first kappa shape index (κ1) is 15.6. The molecule has 1 heterocycles. The summed E-state index contributed by atoms with van der Waals surface area (Å²) in [5.74, 6) is 0.343. The van der Waals surface area contributed by atoms with Crippen molar-refractivity contribution in [1.82, 2.24) is 4.90 Å². The number of likely N-dealkylation sites (tertiary alicyclic amines) is 1. The second-order valence-corrected chi connectivity index (χ2v) is 6.17. The third-order valence-electron chi connectivity index (χ3n) is 4.10. The van der Waals surface area contributed by atoms with Crippen LogP contribution in [0.5, 0.6) is 0 Å². The van der Waals surface area contributed by atoms with Crippen molar-refractivity contribution in [3.05, 3.63) is 29.0 Å². The maximum absolute atomic E-state index is 13.3. The van der Waals surface area contributed by atoms with E-state index in [4.69, 9.17) is 11.6 Å². The Bertz CT molecular complexity index is 436. The van der Waals surface area contributed by atoms with Gasteiger partial charge in [-0.1, -0.05) is 18.5 Å². The monoisotopic (exact) mass is 298 g/mol. The second-order valence-electron chi connectivity index (χ2n) is 5.76. The van der Waals surface area contributed by atoms with Gasteiger partial charge in [-0.3, -0.25) is 0 Å². The van der Waals surface area contributed by atoms with Crippen molar-refractivity contribution >= 4 is 17.3 Å². The second kappa shape index (κ2) is 7.28. The maximum atomic E-state index is 13.3. The van der Waals surface area contributed by atoms with Gasteiger partial charge in [-0.25, -0.2) is 4.39 Å². The Labute approximate surface area is 126 Å². The third kappa shape index (κ3) is 4.10. The van der Waals surface area contributed by atoms with Crippen LogP contribution in [0.2, 0.25) is 5.02 Å². The molecular weight excluding hydrogens is 275 g/mol. The Kier molecular flexibility index (Phi) is 5.67. The first-order valence-corrected chi connectivity index (χ1v) is 7.92.